The van der Waals surface area contributed by atoms with E-state index in [0.717, 1.165) is 30.8 Å². The molecule has 0 aromatic rings. The van der Waals surface area contributed by atoms with Crippen LogP contribution < -0.4 is 0 Å². The van der Waals surface area contributed by atoms with Crippen molar-refractivity contribution in [2.75, 3.05) is 0 Å². The molecular formula is Si6. The van der Waals surface area contributed by atoms with Crippen LogP contribution in [-0.2, 0) is 0 Å². The van der Waals surface area contributed by atoms with Crippen LogP contribution >= 0.6 is 0 Å². The van der Waals surface area contributed by atoms with Gasteiger partial charge in [0.25, 0.3) is 0 Å². The minimum Gasteiger partial charge on any atom is -0.0483 e. The predicted octanol–water partition coefficient (Wildman–Crippen LogP) is -2.28. The Labute approximate surface area is 49.7 Å². The first-order valence-corrected chi connectivity index (χ1v) is 11.2. The summed E-state index contributed by atoms with van der Waals surface area (Å²) >= 11 is 0. The molecule has 0 spiro atoms. The molecule has 4 radical (unpaired) electrons. The molecule has 0 saturated heterocycles. The molecular weight excluding hydrogens is 169 g/mol. The van der Waals surface area contributed by atoms with Gasteiger partial charge in [-0.25, -0.2) is 0 Å². The van der Waals surface area contributed by atoms with E-state index in [4.69, 9.17) is 0 Å². The lowest BCUT2D eigenvalue weighted by Gasteiger charge is -1.29. The first-order valence-electron chi connectivity index (χ1n) is 1.25. The van der Waals surface area contributed by atoms with E-state index in [1.807, 2.05) is 0 Å². The SMILES string of the molecule is [Si]=[Si]=[Si]=[Si]=[Si]=[Si]. The molecule has 6 heteroatoms. The largest absolute Gasteiger partial charge is 0.0569 e. The summed E-state index contributed by atoms with van der Waals surface area (Å²) in [5, 5.41) is 0. The Balaban J connectivity index is 4.68. The molecule has 0 rings (SSSR count). The van der Waals surface area contributed by atoms with Crippen LogP contribution in [0, 0.1) is 0 Å². The van der Waals surface area contributed by atoms with Gasteiger partial charge in [0, 0.05) is 0 Å². The maximum absolute atomic E-state index is 3.42. The molecule has 6 heavy (non-hydrogen) atoms. The third-order valence-electron chi connectivity index (χ3n) is 0.188. The minimum atomic E-state index is 0.986. The highest BCUT2D eigenvalue weighted by molar-refractivity contribution is 7.03. The van der Waals surface area contributed by atoms with Crippen molar-refractivity contribution in [2.24, 2.45) is 0 Å². The fourth-order valence-electron chi connectivity index (χ4n) is 0.0625. The Hall–Kier alpha value is 1.30. The summed E-state index contributed by atoms with van der Waals surface area (Å²) in [5.74, 6) is 0. The molecule has 0 N–H and O–H groups in total. The van der Waals surface area contributed by atoms with Crippen molar-refractivity contribution in [1.29, 1.82) is 0 Å². The number of hydrogen-bond acceptors (Lipinski definition) is 0. The Bertz CT molecular complexity index is 132. The van der Waals surface area contributed by atoms with Gasteiger partial charge >= 0.3 is 0 Å². The van der Waals surface area contributed by atoms with Crippen LogP contribution in [0.2, 0.25) is 0 Å². The normalized spacial score (nSPS) is 3.33. The highest BCUT2D eigenvalue weighted by atomic mass is 29.4. The molecule has 0 unspecified atom stereocenters. The average molecular weight is 169 g/mol. The highest BCUT2D eigenvalue weighted by Gasteiger charge is 1.26. The third-order valence-corrected chi connectivity index (χ3v) is 15.2. The third kappa shape index (κ3) is 5.30. The average Bonchev–Trinajstić information content (AvgIpc) is 1.61. The van der Waals surface area contributed by atoms with Gasteiger partial charge in [0.1, 0.15) is 0 Å². The van der Waals surface area contributed by atoms with Crippen LogP contribution in [0.25, 0.3) is 0 Å². The molecule has 0 atom stereocenters. The first kappa shape index (κ1) is 7.30. The van der Waals surface area contributed by atoms with E-state index in [9.17, 15) is 0 Å². The summed E-state index contributed by atoms with van der Waals surface area (Å²) in [4.78, 5) is 0. The molecule has 24 valence electrons. The van der Waals surface area contributed by atoms with E-state index in [2.05, 4.69) is 18.7 Å². The predicted molar refractivity (Wildman–Crippen MR) is 34.5 cm³/mol. The van der Waals surface area contributed by atoms with E-state index in [-0.39, 0.29) is 0 Å². The fraction of sp³-hybridized carbons (Fsp3) is 0. The standard InChI is InChI=1S/Si6/c1-3-5-6-4-2. The molecule has 0 aliphatic carbocycles. The summed E-state index contributed by atoms with van der Waals surface area (Å²) in [5.41, 5.74) is 0. The second kappa shape index (κ2) is 6.30. The van der Waals surface area contributed by atoms with Gasteiger partial charge in [-0.05, 0) is 30.8 Å². The molecule has 0 bridgehead atoms. The number of rotatable bonds is 0. The molecule has 0 aromatic heterocycles. The van der Waals surface area contributed by atoms with Gasteiger partial charge in [0.05, 0.1) is 18.7 Å². The molecule has 0 saturated carbocycles. The van der Waals surface area contributed by atoms with Crippen LogP contribution in [0.3, 0.4) is 0 Å². The lowest BCUT2D eigenvalue weighted by atomic mass is 26.8. The summed E-state index contributed by atoms with van der Waals surface area (Å²) < 4.78 is 0. The zero-order chi connectivity index (χ0) is 4.83. The molecule has 0 heterocycles. The quantitative estimate of drug-likeness (QED) is 0.358. The topological polar surface area (TPSA) is 0 Å². The van der Waals surface area contributed by atoms with Crippen molar-refractivity contribution in [1.82, 2.24) is 0 Å². The van der Waals surface area contributed by atoms with Crippen molar-refractivity contribution in [3.63, 3.8) is 0 Å². The lowest BCUT2D eigenvalue weighted by Crippen LogP contribution is -1.65. The lowest BCUT2D eigenvalue weighted by molar-refractivity contribution is 4.48. The van der Waals surface area contributed by atoms with E-state index in [1.54, 1.807) is 0 Å². The van der Waals surface area contributed by atoms with Crippen molar-refractivity contribution >= 4 is 49.5 Å². The Morgan fingerprint density at radius 3 is 1.33 bits per heavy atom. The zero-order valence-electron chi connectivity index (χ0n) is 3.00. The first-order chi connectivity index (χ1) is 2.91. The number of hydrogen-bond donors (Lipinski definition) is 0. The van der Waals surface area contributed by atoms with E-state index in [0.29, 0.717) is 0 Å². The van der Waals surface area contributed by atoms with E-state index < -0.39 is 0 Å². The van der Waals surface area contributed by atoms with Crippen molar-refractivity contribution in [2.45, 2.75) is 0 Å². The summed E-state index contributed by atoms with van der Waals surface area (Å²) in [6.07, 6.45) is 0. The van der Waals surface area contributed by atoms with Crippen LogP contribution in [0.1, 0.15) is 0 Å². The monoisotopic (exact) mass is 168 g/mol. The van der Waals surface area contributed by atoms with Gasteiger partial charge in [0.15, 0.2) is 0 Å². The molecule has 0 amide bonds. The minimum absolute atomic E-state index is 0.986. The van der Waals surface area contributed by atoms with Crippen LogP contribution in [0.15, 0.2) is 0 Å². The second-order valence-corrected chi connectivity index (χ2v) is 13.5. The van der Waals surface area contributed by atoms with Crippen molar-refractivity contribution in [3.05, 3.63) is 0 Å². The maximum Gasteiger partial charge on any atom is 0.0569 e. The molecule has 0 fully saturated rings. The molecule has 0 aromatic carbocycles. The summed E-state index contributed by atoms with van der Waals surface area (Å²) in [7, 11) is 11.1. The Morgan fingerprint density at radius 2 is 1.17 bits per heavy atom. The van der Waals surface area contributed by atoms with Gasteiger partial charge in [-0.3, -0.25) is 0 Å². The van der Waals surface area contributed by atoms with Crippen LogP contribution in [0.5, 0.6) is 0 Å². The maximum atomic E-state index is 3.42. The van der Waals surface area contributed by atoms with Gasteiger partial charge in [-0.1, -0.05) is 0 Å². The molecule has 0 nitrogen and oxygen atoms in total. The second-order valence-electron chi connectivity index (χ2n) is 0.500. The van der Waals surface area contributed by atoms with Gasteiger partial charge in [-0.15, -0.1) is 0 Å². The van der Waals surface area contributed by atoms with Gasteiger partial charge < -0.3 is 0 Å². The van der Waals surface area contributed by atoms with Crippen LogP contribution in [0.4, 0.5) is 0 Å². The van der Waals surface area contributed by atoms with Gasteiger partial charge in [-0.2, -0.15) is 0 Å². The van der Waals surface area contributed by atoms with E-state index in [1.165, 1.54) is 0 Å². The van der Waals surface area contributed by atoms with E-state index >= 15 is 0 Å². The Kier molecular flexibility index (Phi) is 7.67. The molecule has 0 aliphatic heterocycles. The summed E-state index contributed by atoms with van der Waals surface area (Å²) in [6, 6.07) is 0. The zero-order valence-corrected chi connectivity index (χ0v) is 9.00. The van der Waals surface area contributed by atoms with Gasteiger partial charge in [0.2, 0.25) is 0 Å². The van der Waals surface area contributed by atoms with Crippen molar-refractivity contribution in [3.8, 4) is 0 Å². The smallest absolute Gasteiger partial charge is 0.0483 e. The van der Waals surface area contributed by atoms with Crippen LogP contribution in [-0.4, -0.2) is 49.5 Å². The summed E-state index contributed by atoms with van der Waals surface area (Å²) in [6.45, 7) is 0. The van der Waals surface area contributed by atoms with Crippen molar-refractivity contribution < 1.29 is 0 Å². The highest BCUT2D eigenvalue weighted by Crippen LogP contribution is 0.896. The Morgan fingerprint density at radius 1 is 0.833 bits per heavy atom. The molecule has 0 aliphatic rings. The fourth-order valence-corrected chi connectivity index (χ4v) is 15.2.